The number of hydrogen-bond donors (Lipinski definition) is 1. The second-order valence-electron chi connectivity index (χ2n) is 3.25. The van der Waals surface area contributed by atoms with E-state index in [0.29, 0.717) is 12.1 Å². The molecule has 0 aliphatic heterocycles. The molecule has 1 rings (SSSR count). The Morgan fingerprint density at radius 2 is 1.53 bits per heavy atom. The first-order chi connectivity index (χ1) is 7.53. The van der Waals surface area contributed by atoms with Gasteiger partial charge in [-0.3, -0.25) is 0 Å². The lowest BCUT2D eigenvalue weighted by atomic mass is 10.0. The molecule has 96 valence electrons. The number of rotatable bonds is 1. The molecule has 0 amide bonds. The largest absolute Gasteiger partial charge is 0.416 e. The van der Waals surface area contributed by atoms with Crippen LogP contribution in [0, 0.1) is 5.82 Å². The van der Waals surface area contributed by atoms with E-state index < -0.39 is 35.3 Å². The smallest absolute Gasteiger partial charge is 0.316 e. The fraction of sp³-hybridized carbons (Fsp3) is 0.333. The van der Waals surface area contributed by atoms with Crippen LogP contribution in [0.5, 0.6) is 0 Å². The molecule has 1 aromatic carbocycles. The standard InChI is InChI=1S/C9H6F7N/c10-6-3-4(8(11,12)13)1-2-5(6)7(17)9(14,15)16/h1-3,7H,17H2/t7-/m1/s1. The first kappa shape index (κ1) is 13.8. The molecule has 0 heterocycles. The van der Waals surface area contributed by atoms with Gasteiger partial charge in [-0.1, -0.05) is 6.07 Å². The summed E-state index contributed by atoms with van der Waals surface area (Å²) in [5.41, 5.74) is 2.30. The molecule has 0 unspecified atom stereocenters. The van der Waals surface area contributed by atoms with Gasteiger partial charge in [-0.05, 0) is 12.1 Å². The molecule has 8 heteroatoms. The normalized spacial score (nSPS) is 14.8. The van der Waals surface area contributed by atoms with E-state index in [1.54, 1.807) is 0 Å². The topological polar surface area (TPSA) is 26.0 Å². The Hall–Kier alpha value is -1.31. The molecule has 17 heavy (non-hydrogen) atoms. The van der Waals surface area contributed by atoms with Crippen molar-refractivity contribution >= 4 is 0 Å². The molecule has 1 nitrogen and oxygen atoms in total. The highest BCUT2D eigenvalue weighted by Crippen LogP contribution is 2.35. The first-order valence-corrected chi connectivity index (χ1v) is 4.22. The van der Waals surface area contributed by atoms with Crippen molar-refractivity contribution in [3.63, 3.8) is 0 Å². The molecule has 0 radical (unpaired) electrons. The van der Waals surface area contributed by atoms with Gasteiger partial charge in [-0.2, -0.15) is 26.3 Å². The van der Waals surface area contributed by atoms with Crippen LogP contribution >= 0.6 is 0 Å². The van der Waals surface area contributed by atoms with Gasteiger partial charge in [0.1, 0.15) is 11.9 Å². The molecule has 2 N–H and O–H groups in total. The summed E-state index contributed by atoms with van der Waals surface area (Å²) in [6.45, 7) is 0. The average molecular weight is 261 g/mol. The van der Waals surface area contributed by atoms with Crippen molar-refractivity contribution in [2.24, 2.45) is 5.73 Å². The van der Waals surface area contributed by atoms with E-state index in [-0.39, 0.29) is 6.07 Å². The van der Waals surface area contributed by atoms with Crippen molar-refractivity contribution in [3.8, 4) is 0 Å². The van der Waals surface area contributed by atoms with E-state index in [1.165, 1.54) is 0 Å². The van der Waals surface area contributed by atoms with Crippen LogP contribution in [0.3, 0.4) is 0 Å². The first-order valence-electron chi connectivity index (χ1n) is 4.22. The van der Waals surface area contributed by atoms with Crippen LogP contribution in [-0.4, -0.2) is 6.18 Å². The number of benzene rings is 1. The quantitative estimate of drug-likeness (QED) is 0.770. The number of alkyl halides is 6. The highest BCUT2D eigenvalue weighted by molar-refractivity contribution is 5.29. The van der Waals surface area contributed by atoms with Gasteiger partial charge in [-0.25, -0.2) is 4.39 Å². The third-order valence-corrected chi connectivity index (χ3v) is 2.02. The van der Waals surface area contributed by atoms with Crippen molar-refractivity contribution in [1.29, 1.82) is 0 Å². The second-order valence-corrected chi connectivity index (χ2v) is 3.25. The van der Waals surface area contributed by atoms with E-state index in [4.69, 9.17) is 0 Å². The molecule has 0 aliphatic rings. The Kier molecular flexibility index (Phi) is 3.37. The Morgan fingerprint density at radius 1 is 1.00 bits per heavy atom. The van der Waals surface area contributed by atoms with Gasteiger partial charge in [0, 0.05) is 5.56 Å². The van der Waals surface area contributed by atoms with Gasteiger partial charge in [0.05, 0.1) is 5.56 Å². The second kappa shape index (κ2) is 4.17. The van der Waals surface area contributed by atoms with E-state index in [0.717, 1.165) is 0 Å². The maximum Gasteiger partial charge on any atom is 0.416 e. The maximum absolute atomic E-state index is 13.1. The Bertz CT molecular complexity index is 407. The van der Waals surface area contributed by atoms with Crippen molar-refractivity contribution in [2.45, 2.75) is 18.4 Å². The predicted molar refractivity (Wildman–Crippen MR) is 44.4 cm³/mol. The summed E-state index contributed by atoms with van der Waals surface area (Å²) >= 11 is 0. The summed E-state index contributed by atoms with van der Waals surface area (Å²) in [5, 5.41) is 0. The molecule has 1 aromatic rings. The van der Waals surface area contributed by atoms with E-state index in [2.05, 4.69) is 5.73 Å². The summed E-state index contributed by atoms with van der Waals surface area (Å²) < 4.78 is 85.8. The van der Waals surface area contributed by atoms with Gasteiger partial charge in [0.15, 0.2) is 0 Å². The zero-order valence-corrected chi connectivity index (χ0v) is 8.03. The van der Waals surface area contributed by atoms with Crippen LogP contribution < -0.4 is 5.73 Å². The molecule has 0 saturated heterocycles. The summed E-state index contributed by atoms with van der Waals surface area (Å²) in [7, 11) is 0. The fourth-order valence-corrected chi connectivity index (χ4v) is 1.13. The lowest BCUT2D eigenvalue weighted by molar-refractivity contribution is -0.149. The van der Waals surface area contributed by atoms with Crippen molar-refractivity contribution < 1.29 is 30.7 Å². The average Bonchev–Trinajstić information content (AvgIpc) is 2.13. The molecule has 0 bridgehead atoms. The summed E-state index contributed by atoms with van der Waals surface area (Å²) in [4.78, 5) is 0. The Labute approximate surface area is 91.0 Å². The third kappa shape index (κ3) is 3.09. The van der Waals surface area contributed by atoms with Crippen LogP contribution in [0.4, 0.5) is 30.7 Å². The van der Waals surface area contributed by atoms with E-state index in [1.807, 2.05) is 0 Å². The molecule has 1 atom stereocenters. The molecule has 0 spiro atoms. The van der Waals surface area contributed by atoms with Gasteiger partial charge in [0.2, 0.25) is 0 Å². The Morgan fingerprint density at radius 3 is 1.88 bits per heavy atom. The summed E-state index contributed by atoms with van der Waals surface area (Å²) in [6, 6.07) is -1.92. The number of nitrogens with two attached hydrogens (primary N) is 1. The molecular weight excluding hydrogens is 255 g/mol. The maximum atomic E-state index is 13.1. The zero-order chi connectivity index (χ0) is 13.4. The lowest BCUT2D eigenvalue weighted by Gasteiger charge is -2.17. The van der Waals surface area contributed by atoms with Crippen molar-refractivity contribution in [1.82, 2.24) is 0 Å². The monoisotopic (exact) mass is 261 g/mol. The summed E-state index contributed by atoms with van der Waals surface area (Å²) in [6.07, 6.45) is -9.73. The van der Waals surface area contributed by atoms with Gasteiger partial charge >= 0.3 is 12.4 Å². The highest BCUT2D eigenvalue weighted by Gasteiger charge is 2.40. The number of hydrogen-bond acceptors (Lipinski definition) is 1. The van der Waals surface area contributed by atoms with E-state index in [9.17, 15) is 30.7 Å². The predicted octanol–water partition coefficient (Wildman–Crippen LogP) is 3.41. The SMILES string of the molecule is N[C@H](c1ccc(C(F)(F)F)cc1F)C(F)(F)F. The van der Waals surface area contributed by atoms with Crippen molar-refractivity contribution in [3.05, 3.63) is 35.1 Å². The third-order valence-electron chi connectivity index (χ3n) is 2.02. The van der Waals surface area contributed by atoms with Crippen LogP contribution in [-0.2, 0) is 6.18 Å². The molecule has 0 aliphatic carbocycles. The van der Waals surface area contributed by atoms with E-state index >= 15 is 0 Å². The van der Waals surface area contributed by atoms with Gasteiger partial charge in [-0.15, -0.1) is 0 Å². The van der Waals surface area contributed by atoms with Crippen molar-refractivity contribution in [2.75, 3.05) is 0 Å². The number of halogens is 7. The van der Waals surface area contributed by atoms with Crippen LogP contribution in [0.15, 0.2) is 18.2 Å². The van der Waals surface area contributed by atoms with Gasteiger partial charge < -0.3 is 5.73 Å². The minimum atomic E-state index is -4.92. The molecular formula is C9H6F7N. The lowest BCUT2D eigenvalue weighted by Crippen LogP contribution is -2.29. The minimum Gasteiger partial charge on any atom is -0.316 e. The fourth-order valence-electron chi connectivity index (χ4n) is 1.13. The highest BCUT2D eigenvalue weighted by atomic mass is 19.4. The van der Waals surface area contributed by atoms with Gasteiger partial charge in [0.25, 0.3) is 0 Å². The zero-order valence-electron chi connectivity index (χ0n) is 8.03. The molecule has 0 fully saturated rings. The van der Waals surface area contributed by atoms with Crippen LogP contribution in [0.2, 0.25) is 0 Å². The molecule has 0 saturated carbocycles. The van der Waals surface area contributed by atoms with Crippen LogP contribution in [0.1, 0.15) is 17.2 Å². The summed E-state index contributed by atoms with van der Waals surface area (Å²) in [5.74, 6) is -1.63. The minimum absolute atomic E-state index is 0.0130. The van der Waals surface area contributed by atoms with Crippen LogP contribution in [0.25, 0.3) is 0 Å². The Balaban J connectivity index is 3.15. The molecule has 0 aromatic heterocycles.